The van der Waals surface area contributed by atoms with E-state index in [0.29, 0.717) is 5.69 Å². The maximum absolute atomic E-state index is 11.7. The minimum atomic E-state index is -1.58. The molecule has 1 atom stereocenters. The zero-order chi connectivity index (χ0) is 26.4. The molecule has 0 aliphatic rings. The molecule has 0 saturated heterocycles. The second-order valence-electron chi connectivity index (χ2n) is 6.24. The van der Waals surface area contributed by atoms with Crippen molar-refractivity contribution in [2.45, 2.75) is 20.0 Å². The Morgan fingerprint density at radius 2 is 1.29 bits per heavy atom. The van der Waals surface area contributed by atoms with Crippen molar-refractivity contribution in [1.29, 1.82) is 0 Å². The van der Waals surface area contributed by atoms with Crippen molar-refractivity contribution in [1.82, 2.24) is 0 Å². The van der Waals surface area contributed by atoms with Gasteiger partial charge in [-0.25, -0.2) is 24.0 Å². The second kappa shape index (κ2) is 14.4. The SMILES string of the molecule is CC(=O)Nc1ccc(OC(=O)COC(=O)COC(=O)COC(=O)COC(=O)C(C)O[N+](=O)[O-])cc1. The van der Waals surface area contributed by atoms with Gasteiger partial charge < -0.3 is 29.0 Å². The van der Waals surface area contributed by atoms with Crippen molar-refractivity contribution in [3.05, 3.63) is 34.4 Å². The first-order chi connectivity index (χ1) is 16.5. The second-order valence-corrected chi connectivity index (χ2v) is 6.24. The van der Waals surface area contributed by atoms with Gasteiger partial charge in [0.25, 0.3) is 5.09 Å². The number of anilines is 1. The summed E-state index contributed by atoms with van der Waals surface area (Å²) >= 11 is 0. The number of amides is 1. The molecule has 0 spiro atoms. The molecule has 0 aliphatic carbocycles. The molecular formula is C19H20N2O14. The molecule has 1 aromatic carbocycles. The zero-order valence-electron chi connectivity index (χ0n) is 18.4. The number of hydrogen-bond acceptors (Lipinski definition) is 14. The summed E-state index contributed by atoms with van der Waals surface area (Å²) in [6.07, 6.45) is -1.58. The Bertz CT molecular complexity index is 959. The topological polar surface area (TPSA) is 213 Å². The fraction of sp³-hybridized carbons (Fsp3) is 0.368. The van der Waals surface area contributed by atoms with Gasteiger partial charge in [0.05, 0.1) is 0 Å². The van der Waals surface area contributed by atoms with Crippen LogP contribution in [0.3, 0.4) is 0 Å². The van der Waals surface area contributed by atoms with Gasteiger partial charge in [-0.05, 0) is 31.2 Å². The fourth-order valence-electron chi connectivity index (χ4n) is 1.93. The van der Waals surface area contributed by atoms with Crippen molar-refractivity contribution < 1.29 is 62.4 Å². The Kier molecular flexibility index (Phi) is 11.6. The number of carbonyl (C=O) groups is 6. The van der Waals surface area contributed by atoms with Gasteiger partial charge in [0, 0.05) is 12.6 Å². The molecule has 0 heterocycles. The van der Waals surface area contributed by atoms with E-state index in [1.54, 1.807) is 0 Å². The predicted molar refractivity (Wildman–Crippen MR) is 108 cm³/mol. The van der Waals surface area contributed by atoms with Crippen LogP contribution in [0, 0.1) is 10.1 Å². The van der Waals surface area contributed by atoms with Crippen molar-refractivity contribution in [2.75, 3.05) is 31.7 Å². The number of nitrogens with one attached hydrogen (secondary N) is 1. The van der Waals surface area contributed by atoms with Gasteiger partial charge in [0.1, 0.15) is 5.75 Å². The van der Waals surface area contributed by atoms with Crippen LogP contribution in [-0.2, 0) is 52.6 Å². The van der Waals surface area contributed by atoms with E-state index in [2.05, 4.69) is 29.1 Å². The van der Waals surface area contributed by atoms with Crippen LogP contribution >= 0.6 is 0 Å². The first kappa shape index (κ1) is 28.3. The normalized spacial score (nSPS) is 10.7. The number of carbonyl (C=O) groups excluding carboxylic acids is 6. The number of hydrogen-bond donors (Lipinski definition) is 1. The van der Waals surface area contributed by atoms with Gasteiger partial charge in [0.2, 0.25) is 12.0 Å². The summed E-state index contributed by atoms with van der Waals surface area (Å²) in [5.74, 6) is -5.75. The van der Waals surface area contributed by atoms with E-state index in [0.717, 1.165) is 6.92 Å². The highest BCUT2D eigenvalue weighted by molar-refractivity contribution is 5.88. The van der Waals surface area contributed by atoms with E-state index in [1.165, 1.54) is 31.2 Å². The van der Waals surface area contributed by atoms with Gasteiger partial charge >= 0.3 is 29.8 Å². The number of benzene rings is 1. The number of ether oxygens (including phenoxy) is 5. The molecule has 0 aromatic heterocycles. The lowest BCUT2D eigenvalue weighted by molar-refractivity contribution is -0.764. The van der Waals surface area contributed by atoms with Crippen LogP contribution in [0.15, 0.2) is 24.3 Å². The number of nitrogens with zero attached hydrogens (tertiary/aromatic N) is 1. The molecular weight excluding hydrogens is 480 g/mol. The van der Waals surface area contributed by atoms with Crippen LogP contribution in [0.4, 0.5) is 5.69 Å². The standard InChI is InChI=1S/C19H20N2O14/c1-11(35-21(28)29)19(27)33-9-17(25)31-7-15(23)30-8-16(24)32-10-18(26)34-14-5-3-13(4-6-14)20-12(2)22/h3-6,11H,7-10H2,1-2H3,(H,20,22). The number of esters is 5. The Labute approximate surface area is 196 Å². The molecule has 0 fully saturated rings. The summed E-state index contributed by atoms with van der Waals surface area (Å²) in [7, 11) is 0. The molecule has 190 valence electrons. The lowest BCUT2D eigenvalue weighted by atomic mass is 10.3. The van der Waals surface area contributed by atoms with Gasteiger partial charge in [0.15, 0.2) is 26.4 Å². The lowest BCUT2D eigenvalue weighted by Gasteiger charge is -2.09. The highest BCUT2D eigenvalue weighted by Crippen LogP contribution is 2.15. The lowest BCUT2D eigenvalue weighted by Crippen LogP contribution is -2.29. The van der Waals surface area contributed by atoms with Crippen molar-refractivity contribution in [3.63, 3.8) is 0 Å². The molecule has 1 amide bonds. The van der Waals surface area contributed by atoms with Crippen LogP contribution in [0.2, 0.25) is 0 Å². The van der Waals surface area contributed by atoms with Crippen LogP contribution in [0.25, 0.3) is 0 Å². The van der Waals surface area contributed by atoms with E-state index in [-0.39, 0.29) is 11.7 Å². The monoisotopic (exact) mass is 500 g/mol. The van der Waals surface area contributed by atoms with E-state index < -0.39 is 67.5 Å². The maximum atomic E-state index is 11.7. The summed E-state index contributed by atoms with van der Waals surface area (Å²) in [5.41, 5.74) is 0.481. The van der Waals surface area contributed by atoms with Gasteiger partial charge in [-0.2, -0.15) is 0 Å². The molecule has 16 heteroatoms. The summed E-state index contributed by atoms with van der Waals surface area (Å²) in [6, 6.07) is 5.76. The van der Waals surface area contributed by atoms with Crippen molar-refractivity contribution >= 4 is 41.4 Å². The average molecular weight is 500 g/mol. The summed E-state index contributed by atoms with van der Waals surface area (Å²) in [4.78, 5) is 82.3. The Hall–Kier alpha value is -4.76. The molecule has 1 N–H and O–H groups in total. The highest BCUT2D eigenvalue weighted by atomic mass is 17.0. The minimum absolute atomic E-state index is 0.124. The quantitative estimate of drug-likeness (QED) is 0.117. The third-order valence-electron chi connectivity index (χ3n) is 3.37. The molecule has 0 aliphatic heterocycles. The average Bonchev–Trinajstić information content (AvgIpc) is 2.78. The molecule has 1 rings (SSSR count). The summed E-state index contributed by atoms with van der Waals surface area (Å²) < 4.78 is 22.8. The van der Waals surface area contributed by atoms with Crippen LogP contribution < -0.4 is 10.1 Å². The van der Waals surface area contributed by atoms with Crippen molar-refractivity contribution in [2.24, 2.45) is 0 Å². The minimum Gasteiger partial charge on any atom is -0.452 e. The van der Waals surface area contributed by atoms with Crippen LogP contribution in [-0.4, -0.2) is 73.4 Å². The van der Waals surface area contributed by atoms with Gasteiger partial charge in [-0.15, -0.1) is 10.1 Å². The Balaban J connectivity index is 2.22. The van der Waals surface area contributed by atoms with Crippen LogP contribution in [0.1, 0.15) is 13.8 Å². The highest BCUT2D eigenvalue weighted by Gasteiger charge is 2.20. The molecule has 0 saturated carbocycles. The molecule has 16 nitrogen and oxygen atoms in total. The van der Waals surface area contributed by atoms with E-state index >= 15 is 0 Å². The third kappa shape index (κ3) is 12.8. The zero-order valence-corrected chi connectivity index (χ0v) is 18.4. The Morgan fingerprint density at radius 1 is 0.829 bits per heavy atom. The molecule has 0 radical (unpaired) electrons. The first-order valence-electron chi connectivity index (χ1n) is 9.49. The maximum Gasteiger partial charge on any atom is 0.349 e. The van der Waals surface area contributed by atoms with E-state index in [9.17, 15) is 38.9 Å². The smallest absolute Gasteiger partial charge is 0.349 e. The van der Waals surface area contributed by atoms with E-state index in [1.807, 2.05) is 0 Å². The molecule has 1 aromatic rings. The predicted octanol–water partition coefficient (Wildman–Crippen LogP) is -0.680. The third-order valence-corrected chi connectivity index (χ3v) is 3.37. The van der Waals surface area contributed by atoms with Gasteiger partial charge in [-0.3, -0.25) is 9.63 Å². The molecule has 1 unspecified atom stereocenters. The number of rotatable bonds is 13. The summed E-state index contributed by atoms with van der Waals surface area (Å²) in [5, 5.41) is 11.4. The van der Waals surface area contributed by atoms with Crippen molar-refractivity contribution in [3.8, 4) is 5.75 Å². The van der Waals surface area contributed by atoms with Gasteiger partial charge in [-0.1, -0.05) is 0 Å². The molecule has 35 heavy (non-hydrogen) atoms. The van der Waals surface area contributed by atoms with Crippen LogP contribution in [0.5, 0.6) is 5.75 Å². The molecule has 0 bridgehead atoms. The van der Waals surface area contributed by atoms with E-state index in [4.69, 9.17) is 4.74 Å². The Morgan fingerprint density at radius 3 is 1.74 bits per heavy atom. The summed E-state index contributed by atoms with van der Waals surface area (Å²) in [6.45, 7) is -1.26. The fourth-order valence-corrected chi connectivity index (χ4v) is 1.93. The first-order valence-corrected chi connectivity index (χ1v) is 9.49. The largest absolute Gasteiger partial charge is 0.452 e.